The normalized spacial score (nSPS) is 12.1. The number of aryl methyl sites for hydroxylation is 1. The molecule has 0 saturated heterocycles. The van der Waals surface area contributed by atoms with Crippen LogP contribution in [-0.4, -0.2) is 17.6 Å². The van der Waals surface area contributed by atoms with Crippen LogP contribution in [0.1, 0.15) is 47.0 Å². The van der Waals surface area contributed by atoms with Crippen LogP contribution in [0.15, 0.2) is 47.0 Å². The summed E-state index contributed by atoms with van der Waals surface area (Å²) in [5.41, 5.74) is 7.95. The molecule has 3 aromatic rings. The minimum Gasteiger partial charge on any atom is -0.367 e. The SMILES string of the molecule is CCc1ccc(-c2noc(N)c2C(=O)NCCC(C)c2ccccc2)s1. The van der Waals surface area contributed by atoms with Crippen molar-refractivity contribution in [2.45, 2.75) is 32.6 Å². The third kappa shape index (κ3) is 3.96. The van der Waals surface area contributed by atoms with E-state index in [0.717, 1.165) is 17.7 Å². The molecule has 0 aliphatic heterocycles. The van der Waals surface area contributed by atoms with Crippen molar-refractivity contribution in [2.24, 2.45) is 0 Å². The predicted octanol–water partition coefficient (Wildman–Crippen LogP) is 4.47. The van der Waals surface area contributed by atoms with Gasteiger partial charge < -0.3 is 15.6 Å². The Balaban J connectivity index is 1.66. The van der Waals surface area contributed by atoms with E-state index in [-0.39, 0.29) is 11.8 Å². The van der Waals surface area contributed by atoms with E-state index < -0.39 is 0 Å². The summed E-state index contributed by atoms with van der Waals surface area (Å²) in [5, 5.41) is 6.94. The lowest BCUT2D eigenvalue weighted by Gasteiger charge is -2.12. The van der Waals surface area contributed by atoms with Crippen LogP contribution in [0.3, 0.4) is 0 Å². The minimum atomic E-state index is -0.245. The molecule has 0 saturated carbocycles. The summed E-state index contributed by atoms with van der Waals surface area (Å²) in [6.45, 7) is 4.80. The number of nitrogens with one attached hydrogen (secondary N) is 1. The maximum absolute atomic E-state index is 12.6. The summed E-state index contributed by atoms with van der Waals surface area (Å²) in [7, 11) is 0. The molecule has 0 spiro atoms. The molecule has 0 aliphatic carbocycles. The third-order valence-corrected chi connectivity index (χ3v) is 5.66. The van der Waals surface area contributed by atoms with Crippen LogP contribution in [0.4, 0.5) is 5.88 Å². The molecule has 136 valence electrons. The zero-order valence-corrected chi connectivity index (χ0v) is 15.8. The summed E-state index contributed by atoms with van der Waals surface area (Å²) in [4.78, 5) is 14.7. The fourth-order valence-electron chi connectivity index (χ4n) is 2.82. The second-order valence-corrected chi connectivity index (χ2v) is 7.41. The van der Waals surface area contributed by atoms with Crippen LogP contribution in [0, 0.1) is 0 Å². The Labute approximate surface area is 157 Å². The molecule has 3 N–H and O–H groups in total. The second kappa shape index (κ2) is 8.19. The zero-order chi connectivity index (χ0) is 18.5. The average Bonchev–Trinajstić information content (AvgIpc) is 3.28. The molecule has 1 unspecified atom stereocenters. The summed E-state index contributed by atoms with van der Waals surface area (Å²) in [6, 6.07) is 14.3. The van der Waals surface area contributed by atoms with Gasteiger partial charge in [0, 0.05) is 11.4 Å². The van der Waals surface area contributed by atoms with Crippen molar-refractivity contribution >= 4 is 23.1 Å². The standard InChI is InChI=1S/C20H23N3O2S/c1-3-15-9-10-16(26-15)18-17(19(21)25-23-18)20(24)22-12-11-13(2)14-7-5-4-6-8-14/h4-10,13H,3,11-12,21H2,1-2H3,(H,22,24). The van der Waals surface area contributed by atoms with Gasteiger partial charge in [-0.2, -0.15) is 0 Å². The zero-order valence-electron chi connectivity index (χ0n) is 15.0. The quantitative estimate of drug-likeness (QED) is 0.644. The Morgan fingerprint density at radius 2 is 2.04 bits per heavy atom. The largest absolute Gasteiger partial charge is 0.367 e. The van der Waals surface area contributed by atoms with Gasteiger partial charge in [0.2, 0.25) is 5.88 Å². The van der Waals surface area contributed by atoms with Gasteiger partial charge in [0.05, 0.1) is 4.88 Å². The molecule has 26 heavy (non-hydrogen) atoms. The molecule has 3 rings (SSSR count). The number of hydrogen-bond donors (Lipinski definition) is 2. The van der Waals surface area contributed by atoms with Gasteiger partial charge in [-0.1, -0.05) is 49.3 Å². The Morgan fingerprint density at radius 3 is 2.73 bits per heavy atom. The third-order valence-electron chi connectivity index (χ3n) is 4.42. The van der Waals surface area contributed by atoms with Gasteiger partial charge in [-0.15, -0.1) is 11.3 Å². The smallest absolute Gasteiger partial charge is 0.259 e. The first kappa shape index (κ1) is 18.2. The lowest BCUT2D eigenvalue weighted by molar-refractivity contribution is 0.0954. The van der Waals surface area contributed by atoms with Crippen molar-refractivity contribution < 1.29 is 9.32 Å². The number of nitrogens with zero attached hydrogens (tertiary/aromatic N) is 1. The number of benzene rings is 1. The van der Waals surface area contributed by atoms with Gasteiger partial charge in [-0.25, -0.2) is 0 Å². The molecule has 1 aromatic carbocycles. The van der Waals surface area contributed by atoms with Crippen LogP contribution in [0.2, 0.25) is 0 Å². The maximum Gasteiger partial charge on any atom is 0.259 e. The molecule has 0 fully saturated rings. The summed E-state index contributed by atoms with van der Waals surface area (Å²) < 4.78 is 5.08. The number of carbonyl (C=O) groups is 1. The summed E-state index contributed by atoms with van der Waals surface area (Å²) >= 11 is 1.60. The monoisotopic (exact) mass is 369 g/mol. The van der Waals surface area contributed by atoms with Gasteiger partial charge in [0.1, 0.15) is 11.3 Å². The van der Waals surface area contributed by atoms with Crippen LogP contribution in [-0.2, 0) is 6.42 Å². The molecule has 6 heteroatoms. The lowest BCUT2D eigenvalue weighted by Crippen LogP contribution is -2.26. The topological polar surface area (TPSA) is 81.2 Å². The highest BCUT2D eigenvalue weighted by molar-refractivity contribution is 7.15. The fraction of sp³-hybridized carbons (Fsp3) is 0.300. The molecular formula is C20H23N3O2S. The van der Waals surface area contributed by atoms with Gasteiger partial charge >= 0.3 is 0 Å². The van der Waals surface area contributed by atoms with Gasteiger partial charge in [-0.05, 0) is 36.5 Å². The molecule has 5 nitrogen and oxygen atoms in total. The number of hydrogen-bond acceptors (Lipinski definition) is 5. The molecule has 2 heterocycles. The Morgan fingerprint density at radius 1 is 1.27 bits per heavy atom. The predicted molar refractivity (Wildman–Crippen MR) is 105 cm³/mol. The first-order valence-electron chi connectivity index (χ1n) is 8.77. The molecule has 0 bridgehead atoms. The van der Waals surface area contributed by atoms with Crippen LogP contribution < -0.4 is 11.1 Å². The number of anilines is 1. The Kier molecular flexibility index (Phi) is 5.73. The highest BCUT2D eigenvalue weighted by Gasteiger charge is 2.23. The number of rotatable bonds is 7. The van der Waals surface area contributed by atoms with E-state index in [1.54, 1.807) is 11.3 Å². The summed E-state index contributed by atoms with van der Waals surface area (Å²) in [6.07, 6.45) is 1.78. The number of aromatic nitrogens is 1. The van der Waals surface area contributed by atoms with Crippen molar-refractivity contribution in [3.8, 4) is 10.6 Å². The Hall–Kier alpha value is -2.60. The summed E-state index contributed by atoms with van der Waals surface area (Å²) in [5.74, 6) is 0.172. The second-order valence-electron chi connectivity index (χ2n) is 6.25. The van der Waals surface area contributed by atoms with Crippen molar-refractivity contribution in [3.05, 3.63) is 58.5 Å². The van der Waals surface area contributed by atoms with E-state index in [4.69, 9.17) is 10.3 Å². The minimum absolute atomic E-state index is 0.0556. The van der Waals surface area contributed by atoms with Crippen molar-refractivity contribution in [2.75, 3.05) is 12.3 Å². The Bertz CT molecular complexity index is 870. The first-order valence-corrected chi connectivity index (χ1v) is 9.59. The van der Waals surface area contributed by atoms with Crippen LogP contribution in [0.25, 0.3) is 10.6 Å². The molecule has 1 amide bonds. The van der Waals surface area contributed by atoms with Gasteiger partial charge in [0.25, 0.3) is 5.91 Å². The number of nitrogens with two attached hydrogens (primary N) is 1. The van der Waals surface area contributed by atoms with Gasteiger partial charge in [-0.3, -0.25) is 4.79 Å². The molecular weight excluding hydrogens is 346 g/mol. The number of amides is 1. The molecule has 2 aromatic heterocycles. The van der Waals surface area contributed by atoms with E-state index in [0.29, 0.717) is 23.7 Å². The first-order chi connectivity index (χ1) is 12.6. The van der Waals surface area contributed by atoms with E-state index >= 15 is 0 Å². The van der Waals surface area contributed by atoms with E-state index in [2.05, 4.69) is 36.5 Å². The average molecular weight is 369 g/mol. The lowest BCUT2D eigenvalue weighted by atomic mass is 9.98. The fourth-order valence-corrected chi connectivity index (χ4v) is 3.76. The molecule has 1 atom stereocenters. The van der Waals surface area contributed by atoms with Crippen molar-refractivity contribution in [3.63, 3.8) is 0 Å². The highest BCUT2D eigenvalue weighted by Crippen LogP contribution is 2.32. The van der Waals surface area contributed by atoms with E-state index in [9.17, 15) is 4.79 Å². The van der Waals surface area contributed by atoms with Crippen LogP contribution in [0.5, 0.6) is 0 Å². The van der Waals surface area contributed by atoms with E-state index in [1.807, 2.05) is 30.3 Å². The number of nitrogen functional groups attached to an aromatic ring is 1. The van der Waals surface area contributed by atoms with Gasteiger partial charge in [0.15, 0.2) is 0 Å². The number of thiophene rings is 1. The molecule has 0 radical (unpaired) electrons. The van der Waals surface area contributed by atoms with Crippen molar-refractivity contribution in [1.82, 2.24) is 10.5 Å². The van der Waals surface area contributed by atoms with Crippen LogP contribution >= 0.6 is 11.3 Å². The molecule has 0 aliphatic rings. The number of carbonyl (C=O) groups excluding carboxylic acids is 1. The van der Waals surface area contributed by atoms with E-state index in [1.165, 1.54) is 10.4 Å². The maximum atomic E-state index is 12.6. The highest BCUT2D eigenvalue weighted by atomic mass is 32.1. The van der Waals surface area contributed by atoms with Crippen molar-refractivity contribution in [1.29, 1.82) is 0 Å².